The van der Waals surface area contributed by atoms with E-state index in [-0.39, 0.29) is 13.1 Å². The zero-order chi connectivity index (χ0) is 21.2. The molecule has 1 N–H and O–H groups in total. The fraction of sp³-hybridized carbons (Fsp3) is 0.632. The third-order valence-electron chi connectivity index (χ3n) is 4.39. The predicted molar refractivity (Wildman–Crippen MR) is 103 cm³/mol. The van der Waals surface area contributed by atoms with Crippen molar-refractivity contribution >= 4 is 11.6 Å². The second kappa shape index (κ2) is 11.8. The van der Waals surface area contributed by atoms with Gasteiger partial charge in [0.1, 0.15) is 11.5 Å². The van der Waals surface area contributed by atoms with Crippen molar-refractivity contribution in [3.8, 4) is 11.5 Å². The molecule has 6 nitrogen and oxygen atoms in total. The van der Waals surface area contributed by atoms with Crippen molar-refractivity contribution in [2.45, 2.75) is 26.4 Å². The fourth-order valence-electron chi connectivity index (χ4n) is 2.68. The van der Waals surface area contributed by atoms with Crippen LogP contribution in [0, 0.1) is 0 Å². The van der Waals surface area contributed by atoms with Crippen LogP contribution in [-0.2, 0) is 4.79 Å². The van der Waals surface area contributed by atoms with Gasteiger partial charge in [-0.25, -0.2) is 0 Å². The van der Waals surface area contributed by atoms with Gasteiger partial charge in [-0.15, -0.1) is 0 Å². The van der Waals surface area contributed by atoms with Gasteiger partial charge in [0.05, 0.1) is 32.9 Å². The molecule has 0 bridgehead atoms. The smallest absolute Gasteiger partial charge is 0.390 e. The van der Waals surface area contributed by atoms with E-state index < -0.39 is 18.5 Å². The van der Waals surface area contributed by atoms with Gasteiger partial charge in [0.15, 0.2) is 0 Å². The molecular formula is C19H30F3N3O3. The van der Waals surface area contributed by atoms with Crippen molar-refractivity contribution < 1.29 is 27.4 Å². The molecule has 0 atom stereocenters. The number of hydrogen-bond donors (Lipinski definition) is 1. The van der Waals surface area contributed by atoms with E-state index in [1.165, 1.54) is 19.1 Å². The largest absolute Gasteiger partial charge is 0.497 e. The Morgan fingerprint density at radius 2 is 1.68 bits per heavy atom. The second-order valence-corrected chi connectivity index (χ2v) is 6.28. The molecule has 0 aliphatic rings. The molecule has 0 aliphatic heterocycles. The molecule has 0 unspecified atom stereocenters. The van der Waals surface area contributed by atoms with Crippen LogP contribution in [-0.4, -0.2) is 75.4 Å². The number of benzene rings is 1. The molecule has 1 amide bonds. The third-order valence-corrected chi connectivity index (χ3v) is 4.39. The van der Waals surface area contributed by atoms with Crippen LogP contribution in [0.25, 0.3) is 0 Å². The number of methoxy groups -OCH3 is 2. The maximum atomic E-state index is 12.6. The lowest BCUT2D eigenvalue weighted by Crippen LogP contribution is -2.40. The molecule has 0 fully saturated rings. The minimum Gasteiger partial charge on any atom is -0.497 e. The lowest BCUT2D eigenvalue weighted by molar-refractivity contribution is -0.139. The van der Waals surface area contributed by atoms with Crippen LogP contribution in [0.5, 0.6) is 11.5 Å². The van der Waals surface area contributed by atoms with Crippen molar-refractivity contribution in [1.29, 1.82) is 0 Å². The van der Waals surface area contributed by atoms with Crippen LogP contribution in [0.3, 0.4) is 0 Å². The molecule has 0 radical (unpaired) electrons. The van der Waals surface area contributed by atoms with E-state index in [0.29, 0.717) is 30.3 Å². The highest BCUT2D eigenvalue weighted by Crippen LogP contribution is 2.28. The molecule has 9 heteroatoms. The molecule has 0 heterocycles. The van der Waals surface area contributed by atoms with Gasteiger partial charge in [-0.3, -0.25) is 9.69 Å². The first-order chi connectivity index (χ1) is 13.2. The Hall–Kier alpha value is -2.00. The summed E-state index contributed by atoms with van der Waals surface area (Å²) >= 11 is 0. The number of hydrogen-bond acceptors (Lipinski definition) is 5. The normalized spacial score (nSPS) is 11.8. The van der Waals surface area contributed by atoms with E-state index in [1.54, 1.807) is 18.2 Å². The highest BCUT2D eigenvalue weighted by Gasteiger charge is 2.28. The maximum Gasteiger partial charge on any atom is 0.390 e. The van der Waals surface area contributed by atoms with Crippen molar-refractivity contribution in [1.82, 2.24) is 9.80 Å². The number of amides is 1. The number of alkyl halides is 3. The lowest BCUT2D eigenvalue weighted by Gasteiger charge is -2.26. The van der Waals surface area contributed by atoms with Crippen LogP contribution in [0.15, 0.2) is 18.2 Å². The van der Waals surface area contributed by atoms with E-state index in [1.807, 2.05) is 13.8 Å². The number of halogens is 3. The van der Waals surface area contributed by atoms with Crippen molar-refractivity contribution in [2.24, 2.45) is 0 Å². The van der Waals surface area contributed by atoms with E-state index in [9.17, 15) is 18.0 Å². The zero-order valence-corrected chi connectivity index (χ0v) is 16.9. The summed E-state index contributed by atoms with van der Waals surface area (Å²) in [6.07, 6.45) is -5.22. The van der Waals surface area contributed by atoms with Gasteiger partial charge >= 0.3 is 6.18 Å². The first-order valence-electron chi connectivity index (χ1n) is 9.25. The van der Waals surface area contributed by atoms with Gasteiger partial charge < -0.3 is 19.7 Å². The average molecular weight is 405 g/mol. The summed E-state index contributed by atoms with van der Waals surface area (Å²) < 4.78 is 48.3. The van der Waals surface area contributed by atoms with Gasteiger partial charge in [0.2, 0.25) is 5.91 Å². The number of likely N-dealkylation sites (N-methyl/N-ethyl adjacent to an activating group) is 1. The Morgan fingerprint density at radius 1 is 1.04 bits per heavy atom. The summed E-state index contributed by atoms with van der Waals surface area (Å²) in [5.41, 5.74) is 0.409. The van der Waals surface area contributed by atoms with E-state index in [2.05, 4.69) is 10.2 Å². The minimum atomic E-state index is -4.26. The summed E-state index contributed by atoms with van der Waals surface area (Å²) in [7, 11) is 2.97. The molecule has 0 saturated carbocycles. The maximum absolute atomic E-state index is 12.6. The van der Waals surface area contributed by atoms with Gasteiger partial charge in [0, 0.05) is 25.7 Å². The summed E-state index contributed by atoms with van der Waals surface area (Å²) in [6, 6.07) is 4.94. The van der Waals surface area contributed by atoms with Gasteiger partial charge in [-0.05, 0) is 25.2 Å². The minimum absolute atomic E-state index is 0.141. The SMILES string of the molecule is CCN(CC)CCN(CCC(F)(F)F)CC(=O)Nc1cc(OC)ccc1OC. The van der Waals surface area contributed by atoms with Crippen molar-refractivity contribution in [3.05, 3.63) is 18.2 Å². The standard InChI is InChI=1S/C19H30F3N3O3/c1-5-24(6-2)11-12-25(10-9-19(20,21)22)14-18(26)23-16-13-15(27-3)7-8-17(16)28-4/h7-8,13H,5-6,9-12,14H2,1-4H3,(H,23,26). The lowest BCUT2D eigenvalue weighted by atomic mass is 10.2. The van der Waals surface area contributed by atoms with Gasteiger partial charge in [0.25, 0.3) is 0 Å². The Balaban J connectivity index is 2.78. The van der Waals surface area contributed by atoms with E-state index >= 15 is 0 Å². The topological polar surface area (TPSA) is 54.0 Å². The molecule has 1 aromatic rings. The van der Waals surface area contributed by atoms with E-state index in [4.69, 9.17) is 9.47 Å². The number of rotatable bonds is 12. The zero-order valence-electron chi connectivity index (χ0n) is 16.9. The molecule has 0 saturated heterocycles. The monoisotopic (exact) mass is 405 g/mol. The number of carbonyl (C=O) groups is 1. The van der Waals surface area contributed by atoms with Gasteiger partial charge in [-0.1, -0.05) is 13.8 Å². The fourth-order valence-corrected chi connectivity index (χ4v) is 2.68. The Kier molecular flexibility index (Phi) is 10.1. The average Bonchev–Trinajstić information content (AvgIpc) is 2.65. The number of nitrogens with one attached hydrogen (secondary N) is 1. The van der Waals surface area contributed by atoms with Gasteiger partial charge in [-0.2, -0.15) is 13.2 Å². The van der Waals surface area contributed by atoms with Crippen LogP contribution in [0.2, 0.25) is 0 Å². The number of anilines is 1. The Bertz CT molecular complexity index is 608. The number of ether oxygens (including phenoxy) is 2. The number of nitrogens with zero attached hydrogens (tertiary/aromatic N) is 2. The second-order valence-electron chi connectivity index (χ2n) is 6.28. The molecule has 0 spiro atoms. The van der Waals surface area contributed by atoms with Crippen LogP contribution in [0.4, 0.5) is 18.9 Å². The van der Waals surface area contributed by atoms with Crippen molar-refractivity contribution in [2.75, 3.05) is 58.8 Å². The summed E-state index contributed by atoms with van der Waals surface area (Å²) in [5.74, 6) is 0.568. The molecule has 0 aromatic heterocycles. The molecule has 1 rings (SSSR count). The first kappa shape index (κ1) is 24.0. The summed E-state index contributed by atoms with van der Waals surface area (Å²) in [4.78, 5) is 16.1. The Morgan fingerprint density at radius 3 is 2.21 bits per heavy atom. The molecule has 28 heavy (non-hydrogen) atoms. The quantitative estimate of drug-likeness (QED) is 0.579. The predicted octanol–water partition coefficient (Wildman–Crippen LogP) is 3.24. The molecular weight excluding hydrogens is 375 g/mol. The van der Waals surface area contributed by atoms with Crippen molar-refractivity contribution in [3.63, 3.8) is 0 Å². The third kappa shape index (κ3) is 8.79. The first-order valence-corrected chi connectivity index (χ1v) is 9.25. The van der Waals surface area contributed by atoms with E-state index in [0.717, 1.165) is 13.1 Å². The highest BCUT2D eigenvalue weighted by atomic mass is 19.4. The molecule has 1 aromatic carbocycles. The number of carbonyl (C=O) groups excluding carboxylic acids is 1. The van der Waals surface area contributed by atoms with Crippen LogP contribution >= 0.6 is 0 Å². The molecule has 160 valence electrons. The molecule has 0 aliphatic carbocycles. The summed E-state index contributed by atoms with van der Waals surface area (Å²) in [6.45, 7) is 6.19. The van der Waals surface area contributed by atoms with Crippen LogP contribution in [0.1, 0.15) is 20.3 Å². The Labute approximate surface area is 164 Å². The highest BCUT2D eigenvalue weighted by molar-refractivity contribution is 5.94. The van der Waals surface area contributed by atoms with Crippen LogP contribution < -0.4 is 14.8 Å². The summed E-state index contributed by atoms with van der Waals surface area (Å²) in [5, 5.41) is 2.70.